The Hall–Kier alpha value is -1.15. The molecule has 1 aliphatic rings. The van der Waals surface area contributed by atoms with Crippen LogP contribution in [0.4, 0.5) is 5.69 Å². The van der Waals surface area contributed by atoms with Gasteiger partial charge in [-0.2, -0.15) is 4.31 Å². The quantitative estimate of drug-likeness (QED) is 0.845. The fraction of sp³-hybridized carbons (Fsp3) is 0.500. The number of nitrogens with one attached hydrogen (secondary N) is 1. The van der Waals surface area contributed by atoms with E-state index in [4.69, 9.17) is 5.73 Å². The summed E-state index contributed by atoms with van der Waals surface area (Å²) in [6, 6.07) is 6.36. The first-order chi connectivity index (χ1) is 10.0. The largest absolute Gasteiger partial charge is 0.330 e. The van der Waals surface area contributed by atoms with Crippen LogP contribution >= 0.6 is 12.4 Å². The maximum absolute atomic E-state index is 12.5. The molecule has 1 aromatic rings. The van der Waals surface area contributed by atoms with Crippen molar-refractivity contribution < 1.29 is 13.2 Å². The van der Waals surface area contributed by atoms with Crippen molar-refractivity contribution in [2.75, 3.05) is 25.0 Å². The lowest BCUT2D eigenvalue weighted by atomic mass is 10.2. The lowest BCUT2D eigenvalue weighted by Gasteiger charge is -2.26. The molecule has 2 rings (SSSR count). The normalized spacial score (nSPS) is 15.9. The summed E-state index contributed by atoms with van der Waals surface area (Å²) in [6.07, 6.45) is 3.07. The third kappa shape index (κ3) is 4.67. The smallest absolute Gasteiger partial charge is 0.243 e. The number of halogens is 1. The molecule has 0 aliphatic carbocycles. The van der Waals surface area contributed by atoms with E-state index in [9.17, 15) is 13.2 Å². The average Bonchev–Trinajstić information content (AvgIpc) is 2.48. The van der Waals surface area contributed by atoms with E-state index in [1.54, 1.807) is 18.2 Å². The van der Waals surface area contributed by atoms with Gasteiger partial charge >= 0.3 is 0 Å². The van der Waals surface area contributed by atoms with Gasteiger partial charge in [0.2, 0.25) is 15.9 Å². The first kappa shape index (κ1) is 18.9. The SMILES string of the molecule is Cl.NCCC(=O)Nc1cccc(S(=O)(=O)N2CCCCC2)c1. The lowest BCUT2D eigenvalue weighted by Crippen LogP contribution is -2.35. The highest BCUT2D eigenvalue weighted by atomic mass is 35.5. The average molecular weight is 348 g/mol. The molecule has 124 valence electrons. The van der Waals surface area contributed by atoms with Crippen LogP contribution in [0.3, 0.4) is 0 Å². The van der Waals surface area contributed by atoms with Crippen molar-refractivity contribution in [2.24, 2.45) is 5.73 Å². The molecule has 0 saturated carbocycles. The summed E-state index contributed by atoms with van der Waals surface area (Å²) < 4.78 is 26.6. The molecule has 1 saturated heterocycles. The van der Waals surface area contributed by atoms with E-state index in [0.29, 0.717) is 18.8 Å². The van der Waals surface area contributed by atoms with Crippen LogP contribution in [0.15, 0.2) is 29.2 Å². The molecule has 0 bridgehead atoms. The first-order valence-electron chi connectivity index (χ1n) is 7.14. The van der Waals surface area contributed by atoms with Crippen molar-refractivity contribution in [1.82, 2.24) is 4.31 Å². The van der Waals surface area contributed by atoms with Crippen molar-refractivity contribution >= 4 is 34.0 Å². The predicted octanol–water partition coefficient (Wildman–Crippen LogP) is 1.57. The number of amides is 1. The molecule has 0 radical (unpaired) electrons. The van der Waals surface area contributed by atoms with Gasteiger partial charge in [0.1, 0.15) is 0 Å². The number of rotatable bonds is 5. The predicted molar refractivity (Wildman–Crippen MR) is 88.6 cm³/mol. The molecule has 1 aliphatic heterocycles. The van der Waals surface area contributed by atoms with Crippen molar-refractivity contribution in [3.63, 3.8) is 0 Å². The number of nitrogens with zero attached hydrogens (tertiary/aromatic N) is 1. The van der Waals surface area contributed by atoms with Crippen LogP contribution in [-0.2, 0) is 14.8 Å². The fourth-order valence-electron chi connectivity index (χ4n) is 2.34. The zero-order valence-corrected chi connectivity index (χ0v) is 14.0. The molecule has 1 amide bonds. The van der Waals surface area contributed by atoms with E-state index in [1.807, 2.05) is 0 Å². The summed E-state index contributed by atoms with van der Waals surface area (Å²) in [5, 5.41) is 2.66. The van der Waals surface area contributed by atoms with Gasteiger partial charge in [-0.15, -0.1) is 12.4 Å². The third-order valence-electron chi connectivity index (χ3n) is 3.44. The van der Waals surface area contributed by atoms with Crippen molar-refractivity contribution in [1.29, 1.82) is 0 Å². The molecular formula is C14H22ClN3O3S. The van der Waals surface area contributed by atoms with Crippen LogP contribution in [0.5, 0.6) is 0 Å². The summed E-state index contributed by atoms with van der Waals surface area (Å²) in [7, 11) is -3.48. The zero-order valence-electron chi connectivity index (χ0n) is 12.3. The molecule has 0 spiro atoms. The van der Waals surface area contributed by atoms with E-state index in [0.717, 1.165) is 19.3 Å². The van der Waals surface area contributed by atoms with E-state index in [-0.39, 0.29) is 36.2 Å². The van der Waals surface area contributed by atoms with Gasteiger partial charge in [-0.25, -0.2) is 8.42 Å². The van der Waals surface area contributed by atoms with E-state index < -0.39 is 10.0 Å². The number of piperidine rings is 1. The van der Waals surface area contributed by atoms with Gasteiger partial charge in [-0.1, -0.05) is 12.5 Å². The minimum Gasteiger partial charge on any atom is -0.330 e. The molecule has 22 heavy (non-hydrogen) atoms. The topological polar surface area (TPSA) is 92.5 Å². The van der Waals surface area contributed by atoms with Gasteiger partial charge in [0.15, 0.2) is 0 Å². The molecule has 6 nitrogen and oxygen atoms in total. The maximum Gasteiger partial charge on any atom is 0.243 e. The number of hydrogen-bond acceptors (Lipinski definition) is 4. The van der Waals surface area contributed by atoms with Crippen LogP contribution in [0.25, 0.3) is 0 Å². The first-order valence-corrected chi connectivity index (χ1v) is 8.58. The summed E-state index contributed by atoms with van der Waals surface area (Å²) in [4.78, 5) is 11.7. The van der Waals surface area contributed by atoms with Gasteiger partial charge in [-0.05, 0) is 31.0 Å². The molecule has 1 fully saturated rings. The van der Waals surface area contributed by atoms with Crippen molar-refractivity contribution in [2.45, 2.75) is 30.6 Å². The second-order valence-electron chi connectivity index (χ2n) is 5.08. The highest BCUT2D eigenvalue weighted by Crippen LogP contribution is 2.22. The Bertz CT molecular complexity index is 601. The third-order valence-corrected chi connectivity index (χ3v) is 5.34. The van der Waals surface area contributed by atoms with Crippen LogP contribution in [-0.4, -0.2) is 38.3 Å². The number of benzene rings is 1. The van der Waals surface area contributed by atoms with E-state index in [2.05, 4.69) is 5.32 Å². The van der Waals surface area contributed by atoms with Crippen LogP contribution in [0.1, 0.15) is 25.7 Å². The molecule has 0 aromatic heterocycles. The fourth-order valence-corrected chi connectivity index (χ4v) is 3.91. The van der Waals surface area contributed by atoms with E-state index >= 15 is 0 Å². The number of anilines is 1. The second-order valence-corrected chi connectivity index (χ2v) is 7.02. The summed E-state index contributed by atoms with van der Waals surface area (Å²) in [6.45, 7) is 1.38. The summed E-state index contributed by atoms with van der Waals surface area (Å²) in [5.74, 6) is -0.218. The van der Waals surface area contributed by atoms with Gasteiger partial charge in [0, 0.05) is 31.7 Å². The molecule has 8 heteroatoms. The van der Waals surface area contributed by atoms with Crippen LogP contribution in [0.2, 0.25) is 0 Å². The molecule has 1 aromatic carbocycles. The molecule has 3 N–H and O–H groups in total. The number of sulfonamides is 1. The Morgan fingerprint density at radius 1 is 1.23 bits per heavy atom. The van der Waals surface area contributed by atoms with Crippen molar-refractivity contribution in [3.8, 4) is 0 Å². The summed E-state index contributed by atoms with van der Waals surface area (Å²) in [5.41, 5.74) is 5.79. The second kappa shape index (κ2) is 8.47. The van der Waals surface area contributed by atoms with Crippen LogP contribution < -0.4 is 11.1 Å². The Labute approximate surface area is 137 Å². The Balaban J connectivity index is 0.00000242. The zero-order chi connectivity index (χ0) is 15.3. The number of carbonyl (C=O) groups is 1. The lowest BCUT2D eigenvalue weighted by molar-refractivity contribution is -0.116. The molecular weight excluding hydrogens is 326 g/mol. The number of nitrogens with two attached hydrogens (primary N) is 1. The van der Waals surface area contributed by atoms with Gasteiger partial charge in [0.05, 0.1) is 4.90 Å². The van der Waals surface area contributed by atoms with Crippen LogP contribution in [0, 0.1) is 0 Å². The maximum atomic E-state index is 12.5. The van der Waals surface area contributed by atoms with E-state index in [1.165, 1.54) is 10.4 Å². The highest BCUT2D eigenvalue weighted by Gasteiger charge is 2.26. The minimum atomic E-state index is -3.48. The molecule has 1 heterocycles. The Morgan fingerprint density at radius 3 is 2.55 bits per heavy atom. The van der Waals surface area contributed by atoms with Crippen molar-refractivity contribution in [3.05, 3.63) is 24.3 Å². The highest BCUT2D eigenvalue weighted by molar-refractivity contribution is 7.89. The Kier molecular flexibility index (Phi) is 7.28. The molecule has 0 atom stereocenters. The standard InChI is InChI=1S/C14H21N3O3S.ClH/c15-8-7-14(18)16-12-5-4-6-13(11-12)21(19,20)17-9-2-1-3-10-17;/h4-6,11H,1-3,7-10,15H2,(H,16,18);1H. The van der Waals surface area contributed by atoms with Gasteiger partial charge in [0.25, 0.3) is 0 Å². The van der Waals surface area contributed by atoms with Gasteiger partial charge in [-0.3, -0.25) is 4.79 Å². The Morgan fingerprint density at radius 2 is 1.91 bits per heavy atom. The summed E-state index contributed by atoms with van der Waals surface area (Å²) >= 11 is 0. The number of hydrogen-bond donors (Lipinski definition) is 2. The molecule has 0 unspecified atom stereocenters. The minimum absolute atomic E-state index is 0. The number of carbonyl (C=O) groups excluding carboxylic acids is 1. The van der Waals surface area contributed by atoms with Gasteiger partial charge < -0.3 is 11.1 Å². The monoisotopic (exact) mass is 347 g/mol.